The highest BCUT2D eigenvalue weighted by Gasteiger charge is 2.31. The summed E-state index contributed by atoms with van der Waals surface area (Å²) in [5.41, 5.74) is 0.559. The highest BCUT2D eigenvalue weighted by molar-refractivity contribution is 7.89. The van der Waals surface area contributed by atoms with Crippen LogP contribution in [0.1, 0.15) is 19.8 Å². The van der Waals surface area contributed by atoms with Crippen molar-refractivity contribution < 1.29 is 13.2 Å². The summed E-state index contributed by atoms with van der Waals surface area (Å²) in [5, 5.41) is 3.16. The van der Waals surface area contributed by atoms with Crippen molar-refractivity contribution in [2.75, 3.05) is 32.1 Å². The molecule has 2 heterocycles. The summed E-state index contributed by atoms with van der Waals surface area (Å²) in [5.74, 6) is 0. The van der Waals surface area contributed by atoms with Crippen LogP contribution in [0.25, 0.3) is 0 Å². The first-order valence-corrected chi connectivity index (χ1v) is 8.25. The fourth-order valence-electron chi connectivity index (χ4n) is 2.35. The van der Waals surface area contributed by atoms with Crippen LogP contribution in [0.15, 0.2) is 23.4 Å². The second-order valence-corrected chi connectivity index (χ2v) is 6.58. The Balaban J connectivity index is 2.23. The topological polar surface area (TPSA) is 71.5 Å². The van der Waals surface area contributed by atoms with E-state index in [0.717, 1.165) is 12.8 Å². The summed E-state index contributed by atoms with van der Waals surface area (Å²) >= 11 is 0. The first kappa shape index (κ1) is 15.2. The molecule has 0 aliphatic carbocycles. The molecule has 1 aromatic rings. The summed E-state index contributed by atoms with van der Waals surface area (Å²) in [6.07, 6.45) is 3.10. The Hall–Kier alpha value is -1.18. The Morgan fingerprint density at radius 3 is 2.75 bits per heavy atom. The molecule has 0 unspecified atom stereocenters. The molecule has 112 valence electrons. The first-order valence-electron chi connectivity index (χ1n) is 6.81. The molecule has 0 saturated carbocycles. The van der Waals surface area contributed by atoms with Crippen molar-refractivity contribution in [2.24, 2.45) is 0 Å². The molecule has 1 N–H and O–H groups in total. The van der Waals surface area contributed by atoms with Crippen molar-refractivity contribution in [3.63, 3.8) is 0 Å². The van der Waals surface area contributed by atoms with Gasteiger partial charge in [-0.15, -0.1) is 0 Å². The minimum absolute atomic E-state index is 0.109. The van der Waals surface area contributed by atoms with Gasteiger partial charge in [-0.25, -0.2) is 13.4 Å². The van der Waals surface area contributed by atoms with Gasteiger partial charge in [-0.05, 0) is 31.9 Å². The van der Waals surface area contributed by atoms with Crippen LogP contribution in [0, 0.1) is 0 Å². The van der Waals surface area contributed by atoms with Crippen molar-refractivity contribution in [2.45, 2.75) is 30.9 Å². The normalized spacial score (nSPS) is 18.1. The van der Waals surface area contributed by atoms with Crippen molar-refractivity contribution in [1.29, 1.82) is 0 Å². The highest BCUT2D eigenvalue weighted by atomic mass is 32.2. The van der Waals surface area contributed by atoms with E-state index in [4.69, 9.17) is 4.74 Å². The molecular formula is C13H21N3O3S. The minimum atomic E-state index is -3.54. The molecule has 2 rings (SSSR count). The van der Waals surface area contributed by atoms with Gasteiger partial charge in [-0.3, -0.25) is 0 Å². The van der Waals surface area contributed by atoms with E-state index in [2.05, 4.69) is 10.3 Å². The van der Waals surface area contributed by atoms with Crippen LogP contribution < -0.4 is 5.32 Å². The molecule has 20 heavy (non-hydrogen) atoms. The van der Waals surface area contributed by atoms with Gasteiger partial charge in [0.25, 0.3) is 10.0 Å². The van der Waals surface area contributed by atoms with Crippen LogP contribution in [0.5, 0.6) is 0 Å². The van der Waals surface area contributed by atoms with Gasteiger partial charge in [0.2, 0.25) is 0 Å². The molecule has 1 fully saturated rings. The zero-order valence-corrected chi connectivity index (χ0v) is 12.7. The Morgan fingerprint density at radius 1 is 1.45 bits per heavy atom. The number of hydrogen-bond acceptors (Lipinski definition) is 5. The average Bonchev–Trinajstić information content (AvgIpc) is 2.48. The smallest absolute Gasteiger partial charge is 0.262 e. The summed E-state index contributed by atoms with van der Waals surface area (Å²) in [6, 6.07) is 3.47. The number of nitrogens with one attached hydrogen (secondary N) is 1. The Morgan fingerprint density at radius 2 is 2.15 bits per heavy atom. The SMILES string of the molecule is CCNc1cccnc1S(=O)(=O)N1CCC(OC)CC1. The first-order chi connectivity index (χ1) is 9.59. The van der Waals surface area contributed by atoms with E-state index in [9.17, 15) is 8.42 Å². The highest BCUT2D eigenvalue weighted by Crippen LogP contribution is 2.25. The van der Waals surface area contributed by atoms with Gasteiger partial charge < -0.3 is 10.1 Å². The van der Waals surface area contributed by atoms with Crippen molar-refractivity contribution in [3.05, 3.63) is 18.3 Å². The Bertz CT molecular complexity index is 540. The lowest BCUT2D eigenvalue weighted by Gasteiger charge is -2.30. The fourth-order valence-corrected chi connectivity index (χ4v) is 3.90. The van der Waals surface area contributed by atoms with Gasteiger partial charge in [-0.2, -0.15) is 4.31 Å². The van der Waals surface area contributed by atoms with Crippen LogP contribution >= 0.6 is 0 Å². The number of piperidine rings is 1. The zero-order chi connectivity index (χ0) is 14.6. The maximum absolute atomic E-state index is 12.7. The van der Waals surface area contributed by atoms with Gasteiger partial charge in [-0.1, -0.05) is 0 Å². The van der Waals surface area contributed by atoms with E-state index in [-0.39, 0.29) is 11.1 Å². The molecule has 0 atom stereocenters. The van der Waals surface area contributed by atoms with Crippen LogP contribution in [-0.4, -0.2) is 50.6 Å². The van der Waals surface area contributed by atoms with Gasteiger partial charge in [0.1, 0.15) is 0 Å². The number of anilines is 1. The third kappa shape index (κ3) is 3.11. The van der Waals surface area contributed by atoms with Gasteiger partial charge in [0.15, 0.2) is 5.03 Å². The maximum Gasteiger partial charge on any atom is 0.262 e. The largest absolute Gasteiger partial charge is 0.383 e. The molecule has 1 aliphatic rings. The van der Waals surface area contributed by atoms with Gasteiger partial charge in [0, 0.05) is 32.9 Å². The molecule has 0 radical (unpaired) electrons. The fraction of sp³-hybridized carbons (Fsp3) is 0.615. The Labute approximate surface area is 120 Å². The molecule has 1 saturated heterocycles. The predicted octanol–water partition coefficient (Wildman–Crippen LogP) is 1.31. The second kappa shape index (κ2) is 6.51. The quantitative estimate of drug-likeness (QED) is 0.887. The van der Waals surface area contributed by atoms with Crippen LogP contribution in [-0.2, 0) is 14.8 Å². The van der Waals surface area contributed by atoms with Gasteiger partial charge >= 0.3 is 0 Å². The molecular weight excluding hydrogens is 278 g/mol. The predicted molar refractivity (Wildman–Crippen MR) is 77.2 cm³/mol. The number of aromatic nitrogens is 1. The van der Waals surface area contributed by atoms with Crippen molar-refractivity contribution in [3.8, 4) is 0 Å². The number of methoxy groups -OCH3 is 1. The van der Waals surface area contributed by atoms with E-state index in [0.29, 0.717) is 25.3 Å². The lowest BCUT2D eigenvalue weighted by Crippen LogP contribution is -2.41. The van der Waals surface area contributed by atoms with E-state index in [1.54, 1.807) is 19.2 Å². The summed E-state index contributed by atoms with van der Waals surface area (Å²) in [7, 11) is -1.88. The van der Waals surface area contributed by atoms with E-state index in [1.807, 2.05) is 6.92 Å². The van der Waals surface area contributed by atoms with Crippen molar-refractivity contribution in [1.82, 2.24) is 9.29 Å². The third-order valence-electron chi connectivity index (χ3n) is 3.46. The minimum Gasteiger partial charge on any atom is -0.383 e. The number of hydrogen-bond donors (Lipinski definition) is 1. The molecule has 7 heteroatoms. The van der Waals surface area contributed by atoms with E-state index in [1.165, 1.54) is 10.5 Å². The second-order valence-electron chi connectivity index (χ2n) is 4.73. The number of pyridine rings is 1. The monoisotopic (exact) mass is 299 g/mol. The summed E-state index contributed by atoms with van der Waals surface area (Å²) in [4.78, 5) is 4.06. The molecule has 1 aliphatic heterocycles. The molecule has 0 spiro atoms. The number of nitrogens with zero attached hydrogens (tertiary/aromatic N) is 2. The van der Waals surface area contributed by atoms with E-state index < -0.39 is 10.0 Å². The summed E-state index contributed by atoms with van der Waals surface area (Å²) in [6.45, 7) is 3.53. The lowest BCUT2D eigenvalue weighted by atomic mass is 10.1. The lowest BCUT2D eigenvalue weighted by molar-refractivity contribution is 0.0604. The average molecular weight is 299 g/mol. The standard InChI is InChI=1S/C13H21N3O3S/c1-3-14-12-5-4-8-15-13(12)20(17,18)16-9-6-11(19-2)7-10-16/h4-5,8,11,14H,3,6-7,9-10H2,1-2H3. The number of rotatable bonds is 5. The molecule has 6 nitrogen and oxygen atoms in total. The van der Waals surface area contributed by atoms with Crippen LogP contribution in [0.3, 0.4) is 0 Å². The van der Waals surface area contributed by atoms with Crippen LogP contribution in [0.2, 0.25) is 0 Å². The van der Waals surface area contributed by atoms with Crippen molar-refractivity contribution >= 4 is 15.7 Å². The Kier molecular flexibility index (Phi) is 4.95. The maximum atomic E-state index is 12.7. The van der Waals surface area contributed by atoms with Gasteiger partial charge in [0.05, 0.1) is 11.8 Å². The third-order valence-corrected chi connectivity index (χ3v) is 5.32. The molecule has 0 bridgehead atoms. The molecule has 0 aromatic carbocycles. The van der Waals surface area contributed by atoms with E-state index >= 15 is 0 Å². The molecule has 1 aromatic heterocycles. The number of sulfonamides is 1. The number of ether oxygens (including phenoxy) is 1. The zero-order valence-electron chi connectivity index (χ0n) is 11.9. The summed E-state index contributed by atoms with van der Waals surface area (Å²) < 4.78 is 32.1. The molecule has 0 amide bonds. The van der Waals surface area contributed by atoms with Crippen LogP contribution in [0.4, 0.5) is 5.69 Å².